The first-order valence-electron chi connectivity index (χ1n) is 9.20. The van der Waals surface area contributed by atoms with E-state index in [0.29, 0.717) is 29.3 Å². The van der Waals surface area contributed by atoms with Crippen LogP contribution in [0.4, 0.5) is 26.3 Å². The molecule has 0 amide bonds. The SMILES string of the molecule is Cc1nc([C@H](C)NC(=S)c2cc(C(F)(F)F)cc(C(F)(F)F)c2)n(-c2ccc(C#N)cn2)n1. The Morgan fingerprint density at radius 2 is 1.70 bits per heavy atom. The van der Waals surface area contributed by atoms with E-state index < -0.39 is 35.1 Å². The van der Waals surface area contributed by atoms with Crippen molar-refractivity contribution >= 4 is 17.2 Å². The highest BCUT2D eigenvalue weighted by molar-refractivity contribution is 7.80. The van der Waals surface area contributed by atoms with Gasteiger partial charge in [-0.25, -0.2) is 9.97 Å². The summed E-state index contributed by atoms with van der Waals surface area (Å²) in [4.78, 5) is 8.04. The lowest BCUT2D eigenvalue weighted by molar-refractivity contribution is -0.143. The summed E-state index contributed by atoms with van der Waals surface area (Å²) in [6.07, 6.45) is -8.66. The molecule has 0 saturated carbocycles. The first kappa shape index (κ1) is 24.1. The molecule has 0 spiro atoms. The molecule has 0 radical (unpaired) electrons. The number of hydrogen-bond donors (Lipinski definition) is 1. The van der Waals surface area contributed by atoms with Crippen molar-refractivity contribution in [2.75, 3.05) is 0 Å². The lowest BCUT2D eigenvalue weighted by atomic mass is 10.0. The second-order valence-corrected chi connectivity index (χ2v) is 7.34. The van der Waals surface area contributed by atoms with Crippen molar-refractivity contribution in [3.63, 3.8) is 0 Å². The number of pyridine rings is 1. The van der Waals surface area contributed by atoms with Crippen molar-refractivity contribution in [3.05, 3.63) is 70.4 Å². The third-order valence-corrected chi connectivity index (χ3v) is 4.77. The zero-order valence-electron chi connectivity index (χ0n) is 17.0. The number of nitrogens with zero attached hydrogens (tertiary/aromatic N) is 5. The predicted octanol–water partition coefficient (Wildman–Crippen LogP) is 4.91. The van der Waals surface area contributed by atoms with Crippen LogP contribution in [-0.2, 0) is 12.4 Å². The third kappa shape index (κ3) is 5.46. The number of aryl methyl sites for hydroxylation is 1. The third-order valence-electron chi connectivity index (χ3n) is 4.42. The highest BCUT2D eigenvalue weighted by atomic mass is 32.1. The van der Waals surface area contributed by atoms with Crippen LogP contribution in [0.25, 0.3) is 5.82 Å². The summed E-state index contributed by atoms with van der Waals surface area (Å²) in [6, 6.07) is 5.32. The maximum Gasteiger partial charge on any atom is 0.416 e. The maximum atomic E-state index is 13.1. The van der Waals surface area contributed by atoms with Crippen LogP contribution in [-0.4, -0.2) is 24.7 Å². The Kier molecular flexibility index (Phi) is 6.42. The van der Waals surface area contributed by atoms with E-state index in [-0.39, 0.29) is 16.9 Å². The monoisotopic (exact) mass is 484 g/mol. The molecule has 6 nitrogen and oxygen atoms in total. The van der Waals surface area contributed by atoms with Gasteiger partial charge in [0.05, 0.1) is 22.7 Å². The summed E-state index contributed by atoms with van der Waals surface area (Å²) < 4.78 is 80.2. The van der Waals surface area contributed by atoms with Gasteiger partial charge in [-0.05, 0) is 44.2 Å². The molecule has 1 N–H and O–H groups in total. The van der Waals surface area contributed by atoms with Crippen molar-refractivity contribution in [1.82, 2.24) is 25.1 Å². The average molecular weight is 484 g/mol. The van der Waals surface area contributed by atoms with Crippen LogP contribution < -0.4 is 5.32 Å². The lowest BCUT2D eigenvalue weighted by Crippen LogP contribution is -2.28. The molecule has 13 heteroatoms. The van der Waals surface area contributed by atoms with Gasteiger partial charge in [0.15, 0.2) is 11.6 Å². The van der Waals surface area contributed by atoms with Gasteiger partial charge in [0.25, 0.3) is 0 Å². The minimum absolute atomic E-state index is 0.0338. The molecular formula is C20H14F6N6S. The Hall–Kier alpha value is -3.53. The Balaban J connectivity index is 1.94. The van der Waals surface area contributed by atoms with E-state index in [1.807, 2.05) is 6.07 Å². The number of nitrogens with one attached hydrogen (secondary N) is 1. The van der Waals surface area contributed by atoms with Gasteiger partial charge in [0.1, 0.15) is 16.9 Å². The van der Waals surface area contributed by atoms with Crippen molar-refractivity contribution in [2.45, 2.75) is 32.2 Å². The summed E-state index contributed by atoms with van der Waals surface area (Å²) in [6.45, 7) is 3.16. The summed E-state index contributed by atoms with van der Waals surface area (Å²) in [5.41, 5.74) is -3.07. The van der Waals surface area contributed by atoms with E-state index in [9.17, 15) is 26.3 Å². The normalized spacial score (nSPS) is 12.8. The van der Waals surface area contributed by atoms with Crippen LogP contribution in [0.3, 0.4) is 0 Å². The minimum atomic E-state index is -4.99. The molecule has 2 aromatic heterocycles. The number of halogens is 6. The fourth-order valence-electron chi connectivity index (χ4n) is 2.89. The lowest BCUT2D eigenvalue weighted by Gasteiger charge is -2.18. The van der Waals surface area contributed by atoms with Gasteiger partial charge in [-0.3, -0.25) is 0 Å². The van der Waals surface area contributed by atoms with E-state index in [1.165, 1.54) is 23.0 Å². The zero-order valence-corrected chi connectivity index (χ0v) is 17.8. The quantitative estimate of drug-likeness (QED) is 0.419. The molecule has 1 aromatic carbocycles. The van der Waals surface area contributed by atoms with Crippen LogP contribution in [0.5, 0.6) is 0 Å². The topological polar surface area (TPSA) is 79.4 Å². The van der Waals surface area contributed by atoms with Gasteiger partial charge in [0, 0.05) is 11.8 Å². The number of thiocarbonyl (C=S) groups is 1. The van der Waals surface area contributed by atoms with Gasteiger partial charge in [0.2, 0.25) is 0 Å². The zero-order chi connectivity index (χ0) is 24.6. The highest BCUT2D eigenvalue weighted by Gasteiger charge is 2.37. The second-order valence-electron chi connectivity index (χ2n) is 6.94. The Morgan fingerprint density at radius 1 is 1.09 bits per heavy atom. The van der Waals surface area contributed by atoms with E-state index in [1.54, 1.807) is 13.8 Å². The standard InChI is InChI=1S/C20H14F6N6S/c1-10(17-30-11(2)31-32(17)16-4-3-12(8-27)9-28-16)29-18(33)13-5-14(19(21,22)23)7-15(6-13)20(24,25)26/h3-7,9-10H,1-2H3,(H,29,33)/t10-/m0/s1. The summed E-state index contributed by atoms with van der Waals surface area (Å²) in [7, 11) is 0. The van der Waals surface area contributed by atoms with Crippen LogP contribution in [0.2, 0.25) is 0 Å². The average Bonchev–Trinajstić information content (AvgIpc) is 3.14. The number of benzene rings is 1. The minimum Gasteiger partial charge on any atom is -0.366 e. The van der Waals surface area contributed by atoms with E-state index >= 15 is 0 Å². The maximum absolute atomic E-state index is 13.1. The number of aromatic nitrogens is 4. The van der Waals surface area contributed by atoms with E-state index in [0.717, 1.165) is 0 Å². The van der Waals surface area contributed by atoms with Crippen molar-refractivity contribution in [3.8, 4) is 11.9 Å². The van der Waals surface area contributed by atoms with Crippen LogP contribution in [0.1, 0.15) is 46.9 Å². The molecule has 0 aliphatic carbocycles. The molecule has 0 aliphatic heterocycles. The molecule has 172 valence electrons. The number of rotatable bonds is 4. The van der Waals surface area contributed by atoms with Gasteiger partial charge >= 0.3 is 12.4 Å². The summed E-state index contributed by atoms with van der Waals surface area (Å²) in [5, 5.41) is 15.8. The number of hydrogen-bond acceptors (Lipinski definition) is 5. The van der Waals surface area contributed by atoms with Crippen molar-refractivity contribution < 1.29 is 26.3 Å². The molecule has 33 heavy (non-hydrogen) atoms. The largest absolute Gasteiger partial charge is 0.416 e. The fraction of sp³-hybridized carbons (Fsp3) is 0.250. The smallest absolute Gasteiger partial charge is 0.366 e. The van der Waals surface area contributed by atoms with Crippen LogP contribution >= 0.6 is 12.2 Å². The van der Waals surface area contributed by atoms with Crippen molar-refractivity contribution in [1.29, 1.82) is 5.26 Å². The van der Waals surface area contributed by atoms with Gasteiger partial charge < -0.3 is 5.32 Å². The number of alkyl halides is 6. The highest BCUT2D eigenvalue weighted by Crippen LogP contribution is 2.36. The summed E-state index contributed by atoms with van der Waals surface area (Å²) >= 11 is 5.11. The van der Waals surface area contributed by atoms with Crippen LogP contribution in [0, 0.1) is 18.3 Å². The van der Waals surface area contributed by atoms with Gasteiger partial charge in [-0.15, -0.1) is 5.10 Å². The predicted molar refractivity (Wildman–Crippen MR) is 108 cm³/mol. The van der Waals surface area contributed by atoms with E-state index in [4.69, 9.17) is 17.5 Å². The van der Waals surface area contributed by atoms with Gasteiger partial charge in [-0.1, -0.05) is 12.2 Å². The Morgan fingerprint density at radius 3 is 2.18 bits per heavy atom. The van der Waals surface area contributed by atoms with Gasteiger partial charge in [-0.2, -0.15) is 36.3 Å². The number of nitriles is 1. The Labute approximate surface area is 188 Å². The molecule has 1 atom stereocenters. The van der Waals surface area contributed by atoms with Crippen molar-refractivity contribution in [2.24, 2.45) is 0 Å². The molecule has 0 unspecified atom stereocenters. The first-order chi connectivity index (χ1) is 15.3. The first-order valence-corrected chi connectivity index (χ1v) is 9.61. The fourth-order valence-corrected chi connectivity index (χ4v) is 3.18. The molecule has 3 rings (SSSR count). The molecule has 2 heterocycles. The molecule has 0 aliphatic rings. The van der Waals surface area contributed by atoms with Crippen LogP contribution in [0.15, 0.2) is 36.5 Å². The Bertz CT molecular complexity index is 1190. The summed E-state index contributed by atoms with van der Waals surface area (Å²) in [5.74, 6) is 0.909. The molecule has 0 fully saturated rings. The molecule has 0 saturated heterocycles. The molecular weight excluding hydrogens is 470 g/mol. The second kappa shape index (κ2) is 8.78. The van der Waals surface area contributed by atoms with E-state index in [2.05, 4.69) is 20.4 Å². The molecule has 0 bridgehead atoms. The molecule has 3 aromatic rings.